The molecule has 6 nitrogen and oxygen atoms in total. The highest BCUT2D eigenvalue weighted by molar-refractivity contribution is 5.21. The van der Waals surface area contributed by atoms with Gasteiger partial charge in [-0.3, -0.25) is 4.68 Å². The number of hydrogen-bond donors (Lipinski definition) is 1. The lowest BCUT2D eigenvalue weighted by atomic mass is 10.4. The molecule has 2 aromatic rings. The Hall–Kier alpha value is -2.05. The van der Waals surface area contributed by atoms with Crippen molar-refractivity contribution >= 4 is 5.95 Å². The van der Waals surface area contributed by atoms with Crippen LogP contribution in [0.1, 0.15) is 6.42 Å². The predicted molar refractivity (Wildman–Crippen MR) is 55.1 cm³/mol. The van der Waals surface area contributed by atoms with Crippen LogP contribution in [0.2, 0.25) is 0 Å². The highest BCUT2D eigenvalue weighted by Gasteiger charge is 1.96. The molecule has 0 saturated heterocycles. The molecule has 0 radical (unpaired) electrons. The summed E-state index contributed by atoms with van der Waals surface area (Å²) < 4.78 is 14.2. The van der Waals surface area contributed by atoms with E-state index in [2.05, 4.69) is 25.6 Å². The summed E-state index contributed by atoms with van der Waals surface area (Å²) in [7, 11) is 0. The molecule has 1 N–H and O–H groups in total. The van der Waals surface area contributed by atoms with E-state index in [-0.39, 0.29) is 0 Å². The Bertz CT molecular complexity index is 412. The smallest absolute Gasteiger partial charge is 0.222 e. The zero-order valence-electron chi connectivity index (χ0n) is 8.54. The van der Waals surface area contributed by atoms with Crippen LogP contribution in [0.5, 0.6) is 0 Å². The Labute approximate surface area is 91.5 Å². The Kier molecular flexibility index (Phi) is 3.37. The zero-order chi connectivity index (χ0) is 11.2. The van der Waals surface area contributed by atoms with E-state index in [4.69, 9.17) is 0 Å². The van der Waals surface area contributed by atoms with Crippen molar-refractivity contribution in [2.75, 3.05) is 11.9 Å². The zero-order valence-corrected chi connectivity index (χ0v) is 8.54. The molecular formula is C9H11FN6. The molecule has 2 aromatic heterocycles. The van der Waals surface area contributed by atoms with Gasteiger partial charge >= 0.3 is 0 Å². The fraction of sp³-hybridized carbons (Fsp3) is 0.333. The summed E-state index contributed by atoms with van der Waals surface area (Å²) in [6.45, 7) is 1.47. The van der Waals surface area contributed by atoms with Crippen molar-refractivity contribution < 1.29 is 4.39 Å². The minimum absolute atomic E-state index is 0.431. The first-order valence-electron chi connectivity index (χ1n) is 4.90. The quantitative estimate of drug-likeness (QED) is 0.754. The van der Waals surface area contributed by atoms with Crippen LogP contribution < -0.4 is 5.32 Å². The van der Waals surface area contributed by atoms with Crippen molar-refractivity contribution in [1.29, 1.82) is 0 Å². The molecular weight excluding hydrogens is 211 g/mol. The van der Waals surface area contributed by atoms with E-state index < -0.39 is 5.82 Å². The number of anilines is 1. The second-order valence-electron chi connectivity index (χ2n) is 3.17. The third kappa shape index (κ3) is 2.97. The van der Waals surface area contributed by atoms with E-state index >= 15 is 0 Å². The van der Waals surface area contributed by atoms with E-state index in [1.54, 1.807) is 17.1 Å². The molecule has 0 bridgehead atoms. The summed E-state index contributed by atoms with van der Waals surface area (Å²) in [4.78, 5) is 7.56. The number of aryl methyl sites for hydroxylation is 1. The number of aromatic nitrogens is 5. The molecule has 0 fully saturated rings. The number of halogens is 1. The molecule has 2 rings (SSSR count). The van der Waals surface area contributed by atoms with Crippen LogP contribution in [0.3, 0.4) is 0 Å². The predicted octanol–water partition coefficient (Wildman–Crippen LogP) is 0.709. The third-order valence-corrected chi connectivity index (χ3v) is 1.94. The van der Waals surface area contributed by atoms with Gasteiger partial charge in [-0.05, 0) is 6.42 Å². The molecule has 0 aliphatic heterocycles. The lowest BCUT2D eigenvalue weighted by molar-refractivity contribution is 0.568. The lowest BCUT2D eigenvalue weighted by Crippen LogP contribution is -2.09. The van der Waals surface area contributed by atoms with Gasteiger partial charge in [0.05, 0.1) is 18.6 Å². The summed E-state index contributed by atoms with van der Waals surface area (Å²) in [5, 5.41) is 10.5. The van der Waals surface area contributed by atoms with Crippen LogP contribution in [-0.4, -0.2) is 31.5 Å². The molecule has 7 heteroatoms. The number of nitrogens with zero attached hydrogens (tertiary/aromatic N) is 5. The van der Waals surface area contributed by atoms with Crippen LogP contribution >= 0.6 is 0 Å². The topological polar surface area (TPSA) is 68.5 Å². The van der Waals surface area contributed by atoms with Gasteiger partial charge in [0.2, 0.25) is 5.95 Å². The van der Waals surface area contributed by atoms with E-state index in [1.165, 1.54) is 0 Å². The van der Waals surface area contributed by atoms with Crippen LogP contribution in [0.4, 0.5) is 10.3 Å². The SMILES string of the molecule is Fc1cnc(NCCCn2ccnn2)nc1. The van der Waals surface area contributed by atoms with Gasteiger partial charge in [0.15, 0.2) is 5.82 Å². The van der Waals surface area contributed by atoms with Gasteiger partial charge in [-0.1, -0.05) is 5.21 Å². The fourth-order valence-electron chi connectivity index (χ4n) is 1.20. The molecule has 84 valence electrons. The van der Waals surface area contributed by atoms with E-state index in [9.17, 15) is 4.39 Å². The summed E-state index contributed by atoms with van der Waals surface area (Å²) in [5.74, 6) is -0.00634. The second-order valence-corrected chi connectivity index (χ2v) is 3.17. The second kappa shape index (κ2) is 5.15. The standard InChI is InChI=1S/C9H11FN6/c10-8-6-12-9(13-7-8)11-2-1-4-16-5-3-14-15-16/h3,5-7H,1-2,4H2,(H,11,12,13). The monoisotopic (exact) mass is 222 g/mol. The average molecular weight is 222 g/mol. The Morgan fingerprint density at radius 3 is 2.81 bits per heavy atom. The molecule has 16 heavy (non-hydrogen) atoms. The van der Waals surface area contributed by atoms with Gasteiger partial charge in [-0.25, -0.2) is 14.4 Å². The molecule has 0 spiro atoms. The van der Waals surface area contributed by atoms with Crippen molar-refractivity contribution in [3.63, 3.8) is 0 Å². The molecule has 0 aliphatic carbocycles. The first-order chi connectivity index (χ1) is 7.84. The molecule has 0 aromatic carbocycles. The van der Waals surface area contributed by atoms with Gasteiger partial charge in [-0.2, -0.15) is 0 Å². The lowest BCUT2D eigenvalue weighted by Gasteiger charge is -2.03. The fourth-order valence-corrected chi connectivity index (χ4v) is 1.20. The molecule has 0 saturated carbocycles. The molecule has 0 amide bonds. The van der Waals surface area contributed by atoms with Crippen LogP contribution in [-0.2, 0) is 6.54 Å². The summed E-state index contributed by atoms with van der Waals surface area (Å²) >= 11 is 0. The van der Waals surface area contributed by atoms with Gasteiger partial charge < -0.3 is 5.32 Å². The first kappa shape index (κ1) is 10.5. The van der Waals surface area contributed by atoms with Crippen molar-refractivity contribution in [3.05, 3.63) is 30.6 Å². The Morgan fingerprint density at radius 2 is 2.12 bits per heavy atom. The first-order valence-corrected chi connectivity index (χ1v) is 4.90. The Balaban J connectivity index is 1.70. The highest BCUT2D eigenvalue weighted by atomic mass is 19.1. The Morgan fingerprint density at radius 1 is 1.31 bits per heavy atom. The van der Waals surface area contributed by atoms with Gasteiger partial charge in [0.1, 0.15) is 0 Å². The maximum atomic E-state index is 12.5. The average Bonchev–Trinajstić information content (AvgIpc) is 2.80. The van der Waals surface area contributed by atoms with Gasteiger partial charge in [-0.15, -0.1) is 5.10 Å². The van der Waals surface area contributed by atoms with E-state index in [0.717, 1.165) is 25.4 Å². The number of hydrogen-bond acceptors (Lipinski definition) is 5. The largest absolute Gasteiger partial charge is 0.354 e. The third-order valence-electron chi connectivity index (χ3n) is 1.94. The maximum absolute atomic E-state index is 12.5. The number of rotatable bonds is 5. The van der Waals surface area contributed by atoms with Crippen LogP contribution in [0.25, 0.3) is 0 Å². The van der Waals surface area contributed by atoms with E-state index in [1.807, 2.05) is 0 Å². The van der Waals surface area contributed by atoms with Crippen molar-refractivity contribution in [3.8, 4) is 0 Å². The summed E-state index contributed by atoms with van der Waals surface area (Å²) in [5.41, 5.74) is 0. The molecule has 2 heterocycles. The van der Waals surface area contributed by atoms with Crippen molar-refractivity contribution in [2.24, 2.45) is 0 Å². The maximum Gasteiger partial charge on any atom is 0.222 e. The van der Waals surface area contributed by atoms with Crippen molar-refractivity contribution in [2.45, 2.75) is 13.0 Å². The summed E-state index contributed by atoms with van der Waals surface area (Å²) in [6.07, 6.45) is 6.56. The van der Waals surface area contributed by atoms with E-state index in [0.29, 0.717) is 12.5 Å². The normalized spacial score (nSPS) is 10.3. The van der Waals surface area contributed by atoms with Gasteiger partial charge in [0, 0.05) is 19.3 Å². The summed E-state index contributed by atoms with van der Waals surface area (Å²) in [6, 6.07) is 0. The van der Waals surface area contributed by atoms with Crippen LogP contribution in [0.15, 0.2) is 24.8 Å². The molecule has 0 aliphatic rings. The molecule has 0 unspecified atom stereocenters. The van der Waals surface area contributed by atoms with Crippen molar-refractivity contribution in [1.82, 2.24) is 25.0 Å². The minimum Gasteiger partial charge on any atom is -0.354 e. The highest BCUT2D eigenvalue weighted by Crippen LogP contribution is 1.98. The van der Waals surface area contributed by atoms with Crippen LogP contribution in [0, 0.1) is 5.82 Å². The van der Waals surface area contributed by atoms with Gasteiger partial charge in [0.25, 0.3) is 0 Å². The molecule has 0 atom stereocenters. The minimum atomic E-state index is -0.437. The number of nitrogens with one attached hydrogen (secondary N) is 1.